The van der Waals surface area contributed by atoms with Crippen LogP contribution in [-0.4, -0.2) is 41.3 Å². The lowest BCUT2D eigenvalue weighted by Crippen LogP contribution is -2.53. The Morgan fingerprint density at radius 2 is 2.19 bits per heavy atom. The van der Waals surface area contributed by atoms with Gasteiger partial charge in [0.15, 0.2) is 0 Å². The number of nitrogens with zero attached hydrogens (tertiary/aromatic N) is 1. The molecule has 1 aliphatic heterocycles. The third-order valence-electron chi connectivity index (χ3n) is 2.59. The Morgan fingerprint density at radius 3 is 2.62 bits per heavy atom. The fourth-order valence-electron chi connectivity index (χ4n) is 1.76. The van der Waals surface area contributed by atoms with E-state index >= 15 is 0 Å². The number of carbonyl (C=O) groups is 2. The number of nitrogens with two attached hydrogens (primary N) is 1. The molecule has 1 atom stereocenters. The number of carbonyl (C=O) groups excluding carboxylic acids is 2. The van der Waals surface area contributed by atoms with Crippen molar-refractivity contribution in [3.63, 3.8) is 0 Å². The van der Waals surface area contributed by atoms with E-state index in [1.807, 2.05) is 13.8 Å². The van der Waals surface area contributed by atoms with Crippen LogP contribution in [0.25, 0.3) is 0 Å². The Kier molecular flexibility index (Phi) is 4.23. The molecule has 3 N–H and O–H groups in total. The Hall–Kier alpha value is -1.17. The summed E-state index contributed by atoms with van der Waals surface area (Å²) < 4.78 is 0. The molecule has 1 aliphatic rings. The van der Waals surface area contributed by atoms with Gasteiger partial charge in [-0.15, -0.1) is 0 Å². The Morgan fingerprint density at radius 1 is 1.56 bits per heavy atom. The fourth-order valence-corrected chi connectivity index (χ4v) is 2.13. The predicted molar refractivity (Wildman–Crippen MR) is 64.7 cm³/mol. The molecular weight excluding hydrogens is 226 g/mol. The maximum Gasteiger partial charge on any atom is 0.239 e. The van der Waals surface area contributed by atoms with Crippen LogP contribution in [-0.2, 0) is 9.59 Å². The summed E-state index contributed by atoms with van der Waals surface area (Å²) in [6, 6.07) is 0. The number of rotatable bonds is 3. The van der Waals surface area contributed by atoms with Crippen LogP contribution in [0.3, 0.4) is 0 Å². The minimum absolute atomic E-state index is 0.0509. The van der Waals surface area contributed by atoms with E-state index in [4.69, 9.17) is 18.0 Å². The van der Waals surface area contributed by atoms with E-state index in [9.17, 15) is 9.59 Å². The first-order valence-corrected chi connectivity index (χ1v) is 5.69. The number of amides is 2. The van der Waals surface area contributed by atoms with Gasteiger partial charge in [0.05, 0.1) is 17.5 Å². The van der Waals surface area contributed by atoms with Crippen molar-refractivity contribution in [2.75, 3.05) is 19.6 Å². The molecule has 2 amide bonds. The molecule has 16 heavy (non-hydrogen) atoms. The van der Waals surface area contributed by atoms with Crippen molar-refractivity contribution in [3.8, 4) is 0 Å². The molecule has 1 fully saturated rings. The van der Waals surface area contributed by atoms with Gasteiger partial charge in [-0.1, -0.05) is 26.1 Å². The number of hydrogen-bond acceptors (Lipinski definition) is 3. The molecule has 1 heterocycles. The second kappa shape index (κ2) is 5.25. The van der Waals surface area contributed by atoms with Crippen molar-refractivity contribution in [2.24, 2.45) is 17.6 Å². The monoisotopic (exact) mass is 243 g/mol. The van der Waals surface area contributed by atoms with Gasteiger partial charge >= 0.3 is 0 Å². The van der Waals surface area contributed by atoms with Crippen LogP contribution >= 0.6 is 12.2 Å². The highest BCUT2D eigenvalue weighted by atomic mass is 32.1. The number of thiocarbonyl (C=S) groups is 1. The Bertz CT molecular complexity index is 317. The zero-order valence-corrected chi connectivity index (χ0v) is 10.3. The first-order valence-electron chi connectivity index (χ1n) is 5.28. The lowest BCUT2D eigenvalue weighted by atomic mass is 9.94. The molecule has 0 bridgehead atoms. The molecule has 0 aliphatic carbocycles. The zero-order chi connectivity index (χ0) is 12.3. The summed E-state index contributed by atoms with van der Waals surface area (Å²) >= 11 is 4.90. The van der Waals surface area contributed by atoms with Crippen molar-refractivity contribution >= 4 is 29.0 Å². The molecule has 90 valence electrons. The smallest absolute Gasteiger partial charge is 0.239 e. The van der Waals surface area contributed by atoms with Gasteiger partial charge in [-0.25, -0.2) is 0 Å². The van der Waals surface area contributed by atoms with Gasteiger partial charge in [0, 0.05) is 13.1 Å². The van der Waals surface area contributed by atoms with Gasteiger partial charge in [0.1, 0.15) is 0 Å². The number of hydrogen-bond donors (Lipinski definition) is 2. The summed E-state index contributed by atoms with van der Waals surface area (Å²) in [5, 5.41) is 2.67. The summed E-state index contributed by atoms with van der Waals surface area (Å²) in [5.74, 6) is -0.696. The molecule has 0 saturated carbocycles. The van der Waals surface area contributed by atoms with Crippen LogP contribution in [0.2, 0.25) is 0 Å². The van der Waals surface area contributed by atoms with Crippen molar-refractivity contribution in [1.29, 1.82) is 0 Å². The van der Waals surface area contributed by atoms with E-state index in [0.717, 1.165) is 0 Å². The summed E-state index contributed by atoms with van der Waals surface area (Å²) in [4.78, 5) is 25.0. The van der Waals surface area contributed by atoms with Gasteiger partial charge in [-0.05, 0) is 5.92 Å². The van der Waals surface area contributed by atoms with Crippen molar-refractivity contribution in [1.82, 2.24) is 10.2 Å². The number of nitrogens with one attached hydrogen (secondary N) is 1. The molecule has 0 aromatic heterocycles. The minimum Gasteiger partial charge on any atom is -0.393 e. The highest BCUT2D eigenvalue weighted by Crippen LogP contribution is 2.15. The largest absolute Gasteiger partial charge is 0.393 e. The molecule has 0 aromatic rings. The maximum atomic E-state index is 12.1. The fraction of sp³-hybridized carbons (Fsp3) is 0.700. The Balaban J connectivity index is 2.74. The number of piperazine rings is 1. The summed E-state index contributed by atoms with van der Waals surface area (Å²) in [6.45, 7) is 4.91. The van der Waals surface area contributed by atoms with E-state index in [1.54, 1.807) is 0 Å². The first-order chi connectivity index (χ1) is 7.43. The van der Waals surface area contributed by atoms with E-state index in [1.165, 1.54) is 4.90 Å². The van der Waals surface area contributed by atoms with Gasteiger partial charge in [-0.2, -0.15) is 0 Å². The highest BCUT2D eigenvalue weighted by molar-refractivity contribution is 7.80. The normalized spacial score (nSPS) is 18.2. The van der Waals surface area contributed by atoms with Crippen molar-refractivity contribution in [2.45, 2.75) is 13.8 Å². The van der Waals surface area contributed by atoms with Gasteiger partial charge in [0.25, 0.3) is 0 Å². The van der Waals surface area contributed by atoms with Crippen LogP contribution in [0.4, 0.5) is 0 Å². The van der Waals surface area contributed by atoms with E-state index in [2.05, 4.69) is 5.32 Å². The minimum atomic E-state index is -0.471. The third kappa shape index (κ3) is 2.91. The molecule has 5 nitrogen and oxygen atoms in total. The molecule has 0 radical (unpaired) electrons. The molecule has 0 aromatic carbocycles. The van der Waals surface area contributed by atoms with Crippen LogP contribution in [0.15, 0.2) is 0 Å². The molecule has 1 saturated heterocycles. The van der Waals surface area contributed by atoms with Crippen molar-refractivity contribution < 1.29 is 9.59 Å². The SMILES string of the molecule is CC(C)C(C(=O)N1CCNC(=O)C1)C(N)=S. The van der Waals surface area contributed by atoms with E-state index in [0.29, 0.717) is 13.1 Å². The molecule has 1 rings (SSSR count). The topological polar surface area (TPSA) is 75.4 Å². The lowest BCUT2D eigenvalue weighted by molar-refractivity contribution is -0.140. The highest BCUT2D eigenvalue weighted by Gasteiger charge is 2.31. The molecule has 6 heteroatoms. The van der Waals surface area contributed by atoms with Crippen molar-refractivity contribution in [3.05, 3.63) is 0 Å². The maximum absolute atomic E-state index is 12.1. The molecule has 1 unspecified atom stereocenters. The Labute approximate surface area is 100 Å². The van der Waals surface area contributed by atoms with Gasteiger partial charge in [-0.3, -0.25) is 9.59 Å². The van der Waals surface area contributed by atoms with E-state index < -0.39 is 5.92 Å². The zero-order valence-electron chi connectivity index (χ0n) is 9.53. The summed E-state index contributed by atoms with van der Waals surface area (Å²) in [5.41, 5.74) is 5.56. The summed E-state index contributed by atoms with van der Waals surface area (Å²) in [7, 11) is 0. The summed E-state index contributed by atoms with van der Waals surface area (Å²) in [6.07, 6.45) is 0. The van der Waals surface area contributed by atoms with Crippen LogP contribution in [0, 0.1) is 11.8 Å². The average molecular weight is 243 g/mol. The third-order valence-corrected chi connectivity index (χ3v) is 2.84. The van der Waals surface area contributed by atoms with Crippen LogP contribution < -0.4 is 11.1 Å². The van der Waals surface area contributed by atoms with Crippen LogP contribution in [0.1, 0.15) is 13.8 Å². The lowest BCUT2D eigenvalue weighted by Gasteiger charge is -2.31. The van der Waals surface area contributed by atoms with Gasteiger partial charge in [0.2, 0.25) is 11.8 Å². The average Bonchev–Trinajstić information content (AvgIpc) is 2.16. The van der Waals surface area contributed by atoms with Gasteiger partial charge < -0.3 is 16.0 Å². The predicted octanol–water partition coefficient (Wildman–Crippen LogP) is -0.497. The van der Waals surface area contributed by atoms with Crippen LogP contribution in [0.5, 0.6) is 0 Å². The second-order valence-corrected chi connectivity index (χ2v) is 4.71. The first kappa shape index (κ1) is 12.9. The quantitative estimate of drug-likeness (QED) is 0.655. The van der Waals surface area contributed by atoms with E-state index in [-0.39, 0.29) is 29.3 Å². The standard InChI is InChI=1S/C10H17N3O2S/c1-6(2)8(9(11)16)10(15)13-4-3-12-7(14)5-13/h6,8H,3-5H2,1-2H3,(H2,11,16)(H,12,14). The molecular formula is C10H17N3O2S. The second-order valence-electron chi connectivity index (χ2n) is 4.23. The molecule has 0 spiro atoms.